The average Bonchev–Trinajstić information content (AvgIpc) is 3.21. The lowest BCUT2D eigenvalue weighted by Crippen LogP contribution is -2.40. The van der Waals surface area contributed by atoms with Crippen molar-refractivity contribution in [3.05, 3.63) is 72.1 Å². The Bertz CT molecular complexity index is 972. The number of nitrogens with one attached hydrogen (secondary N) is 1. The summed E-state index contributed by atoms with van der Waals surface area (Å²) in [6.07, 6.45) is -3.35. The second kappa shape index (κ2) is 8.34. The first-order valence-electron chi connectivity index (χ1n) is 8.92. The Kier molecular flexibility index (Phi) is 5.86. The fourth-order valence-corrected chi connectivity index (χ4v) is 2.78. The van der Waals surface area contributed by atoms with Gasteiger partial charge in [0, 0.05) is 25.3 Å². The van der Waals surface area contributed by atoms with E-state index >= 15 is 0 Å². The Balaban J connectivity index is 1.68. The Morgan fingerprint density at radius 1 is 1.14 bits per heavy atom. The van der Waals surface area contributed by atoms with E-state index in [-0.39, 0.29) is 17.4 Å². The molecule has 29 heavy (non-hydrogen) atoms. The van der Waals surface area contributed by atoms with Gasteiger partial charge < -0.3 is 10.2 Å². The molecule has 6 nitrogen and oxygen atoms in total. The summed E-state index contributed by atoms with van der Waals surface area (Å²) < 4.78 is 40.5. The predicted molar refractivity (Wildman–Crippen MR) is 103 cm³/mol. The molecule has 0 saturated heterocycles. The van der Waals surface area contributed by atoms with Gasteiger partial charge in [-0.05, 0) is 31.2 Å². The zero-order valence-electron chi connectivity index (χ0n) is 15.9. The third kappa shape index (κ3) is 4.74. The van der Waals surface area contributed by atoms with Crippen LogP contribution in [0.1, 0.15) is 23.0 Å². The first-order chi connectivity index (χ1) is 13.8. The van der Waals surface area contributed by atoms with E-state index in [0.29, 0.717) is 6.54 Å². The molecule has 0 aliphatic carbocycles. The Morgan fingerprint density at radius 3 is 2.48 bits per heavy atom. The average molecular weight is 403 g/mol. The zero-order chi connectivity index (χ0) is 21.0. The molecule has 1 heterocycles. The molecule has 0 radical (unpaired) electrons. The highest BCUT2D eigenvalue weighted by molar-refractivity contribution is 5.92. The van der Waals surface area contributed by atoms with E-state index in [4.69, 9.17) is 0 Å². The molecule has 0 saturated carbocycles. The van der Waals surface area contributed by atoms with Crippen LogP contribution in [-0.4, -0.2) is 40.5 Å². The monoisotopic (exact) mass is 403 g/mol. The fourth-order valence-electron chi connectivity index (χ4n) is 2.78. The summed E-state index contributed by atoms with van der Waals surface area (Å²) in [6, 6.07) is 14.7. The number of aromatic nitrogens is 3. The summed E-state index contributed by atoms with van der Waals surface area (Å²) in [5, 5.41) is 10.1. The van der Waals surface area contributed by atoms with Crippen LogP contribution in [0.15, 0.2) is 60.8 Å². The topological polar surface area (TPSA) is 63.1 Å². The molecule has 3 rings (SSSR count). The Morgan fingerprint density at radius 2 is 1.79 bits per heavy atom. The number of rotatable bonds is 6. The van der Waals surface area contributed by atoms with Crippen LogP contribution in [0.5, 0.6) is 0 Å². The van der Waals surface area contributed by atoms with E-state index in [2.05, 4.69) is 15.6 Å². The maximum Gasteiger partial charge on any atom is 0.418 e. The van der Waals surface area contributed by atoms with Crippen LogP contribution in [0.25, 0.3) is 5.69 Å². The van der Waals surface area contributed by atoms with Crippen molar-refractivity contribution in [1.29, 1.82) is 0 Å². The molecule has 2 aromatic carbocycles. The van der Waals surface area contributed by atoms with Gasteiger partial charge in [-0.1, -0.05) is 35.5 Å². The molecule has 9 heteroatoms. The molecule has 0 fully saturated rings. The molecule has 1 amide bonds. The van der Waals surface area contributed by atoms with Crippen LogP contribution in [0.2, 0.25) is 0 Å². The van der Waals surface area contributed by atoms with Gasteiger partial charge >= 0.3 is 6.18 Å². The number of hydrogen-bond acceptors (Lipinski definition) is 4. The lowest BCUT2D eigenvalue weighted by atomic mass is 10.1. The number of likely N-dealkylation sites (N-methyl/N-ethyl adjacent to an activating group) is 1. The molecule has 1 atom stereocenters. The van der Waals surface area contributed by atoms with E-state index in [0.717, 1.165) is 16.4 Å². The normalized spacial score (nSPS) is 12.4. The van der Waals surface area contributed by atoms with Crippen molar-refractivity contribution in [2.75, 3.05) is 18.5 Å². The number of halogens is 3. The number of nitrogens with zero attached hydrogens (tertiary/aromatic N) is 4. The number of hydrogen-bond donors (Lipinski definition) is 1. The summed E-state index contributed by atoms with van der Waals surface area (Å²) in [5.74, 6) is -0.506. The number of benzene rings is 2. The molecular formula is C20H20F3N5O. The third-order valence-corrected chi connectivity index (χ3v) is 4.56. The van der Waals surface area contributed by atoms with Gasteiger partial charge in [0.05, 0.1) is 17.4 Å². The molecule has 1 N–H and O–H groups in total. The van der Waals surface area contributed by atoms with Gasteiger partial charge in [0.1, 0.15) is 0 Å². The molecule has 0 spiro atoms. The van der Waals surface area contributed by atoms with E-state index in [1.165, 1.54) is 24.4 Å². The summed E-state index contributed by atoms with van der Waals surface area (Å²) >= 11 is 0. The minimum atomic E-state index is -4.54. The van der Waals surface area contributed by atoms with Crippen LogP contribution >= 0.6 is 0 Å². The van der Waals surface area contributed by atoms with Gasteiger partial charge in [-0.15, -0.1) is 5.10 Å². The summed E-state index contributed by atoms with van der Waals surface area (Å²) in [4.78, 5) is 14.4. The van der Waals surface area contributed by atoms with Crippen molar-refractivity contribution in [3.8, 4) is 5.69 Å². The van der Waals surface area contributed by atoms with Gasteiger partial charge in [-0.25, -0.2) is 4.68 Å². The van der Waals surface area contributed by atoms with Gasteiger partial charge in [-0.2, -0.15) is 13.2 Å². The summed E-state index contributed by atoms with van der Waals surface area (Å²) in [7, 11) is 1.91. The molecule has 1 unspecified atom stereocenters. The molecule has 3 aromatic rings. The van der Waals surface area contributed by atoms with E-state index in [9.17, 15) is 18.0 Å². The number of amides is 1. The van der Waals surface area contributed by atoms with Gasteiger partial charge in [0.2, 0.25) is 0 Å². The molecule has 0 bridgehead atoms. The highest BCUT2D eigenvalue weighted by Crippen LogP contribution is 2.33. The number of para-hydroxylation sites is 2. The number of anilines is 1. The van der Waals surface area contributed by atoms with Crippen LogP contribution in [-0.2, 0) is 6.18 Å². The van der Waals surface area contributed by atoms with Gasteiger partial charge in [0.25, 0.3) is 5.91 Å². The highest BCUT2D eigenvalue weighted by atomic mass is 19.4. The molecular weight excluding hydrogens is 383 g/mol. The number of carbonyl (C=O) groups excluding carboxylic acids is 1. The Hall–Kier alpha value is -3.36. The Labute approximate surface area is 165 Å². The lowest BCUT2D eigenvalue weighted by Gasteiger charge is -2.27. The molecule has 0 aliphatic heterocycles. The van der Waals surface area contributed by atoms with Gasteiger partial charge in [-0.3, -0.25) is 4.79 Å². The van der Waals surface area contributed by atoms with Crippen LogP contribution in [0.3, 0.4) is 0 Å². The minimum absolute atomic E-state index is 0.0117. The quantitative estimate of drug-likeness (QED) is 0.684. The predicted octanol–water partition coefficient (Wildman–Crippen LogP) is 3.54. The molecule has 0 aliphatic rings. The third-order valence-electron chi connectivity index (χ3n) is 4.56. The fraction of sp³-hybridized carbons (Fsp3) is 0.250. The van der Waals surface area contributed by atoms with E-state index < -0.39 is 17.6 Å². The van der Waals surface area contributed by atoms with Crippen molar-refractivity contribution in [2.24, 2.45) is 0 Å². The SMILES string of the molecule is CC(CNC(=O)c1cn(-c2ccccc2C(F)(F)F)nn1)N(C)c1ccccc1. The second-order valence-electron chi connectivity index (χ2n) is 6.57. The summed E-state index contributed by atoms with van der Waals surface area (Å²) in [6.45, 7) is 2.28. The van der Waals surface area contributed by atoms with Crippen molar-refractivity contribution in [2.45, 2.75) is 19.1 Å². The van der Waals surface area contributed by atoms with Crippen LogP contribution in [0.4, 0.5) is 18.9 Å². The maximum atomic E-state index is 13.2. The van der Waals surface area contributed by atoms with Crippen molar-refractivity contribution >= 4 is 11.6 Å². The molecule has 1 aromatic heterocycles. The van der Waals surface area contributed by atoms with E-state index in [1.54, 1.807) is 0 Å². The standard InChI is InChI=1S/C20H20F3N5O/c1-14(27(2)15-8-4-3-5-9-15)12-24-19(29)17-13-28(26-25-17)18-11-7-6-10-16(18)20(21,22)23/h3-11,13-14H,12H2,1-2H3,(H,24,29). The van der Waals surface area contributed by atoms with Crippen molar-refractivity contribution in [3.63, 3.8) is 0 Å². The first kappa shape index (κ1) is 20.4. The first-order valence-corrected chi connectivity index (χ1v) is 8.92. The zero-order valence-corrected chi connectivity index (χ0v) is 15.9. The van der Waals surface area contributed by atoms with Crippen molar-refractivity contribution < 1.29 is 18.0 Å². The number of carbonyl (C=O) groups is 1. The molecule has 152 valence electrons. The minimum Gasteiger partial charge on any atom is -0.370 e. The summed E-state index contributed by atoms with van der Waals surface area (Å²) in [5.41, 5.74) is -0.0980. The number of alkyl halides is 3. The van der Waals surface area contributed by atoms with E-state index in [1.807, 2.05) is 49.2 Å². The lowest BCUT2D eigenvalue weighted by molar-refractivity contribution is -0.137. The van der Waals surface area contributed by atoms with Crippen LogP contribution in [0, 0.1) is 0 Å². The van der Waals surface area contributed by atoms with Crippen LogP contribution < -0.4 is 10.2 Å². The smallest absolute Gasteiger partial charge is 0.370 e. The second-order valence-corrected chi connectivity index (χ2v) is 6.57. The largest absolute Gasteiger partial charge is 0.418 e. The highest BCUT2D eigenvalue weighted by Gasteiger charge is 2.34. The van der Waals surface area contributed by atoms with Crippen molar-refractivity contribution in [1.82, 2.24) is 20.3 Å². The maximum absolute atomic E-state index is 13.2. The van der Waals surface area contributed by atoms with Gasteiger partial charge in [0.15, 0.2) is 5.69 Å².